The summed E-state index contributed by atoms with van der Waals surface area (Å²) in [4.78, 5) is 36.2. The number of fused-ring (bicyclic) bond motifs is 1. The molecule has 0 radical (unpaired) electrons. The Morgan fingerprint density at radius 1 is 1.29 bits per heavy atom. The quantitative estimate of drug-likeness (QED) is 0.242. The van der Waals surface area contributed by atoms with Gasteiger partial charge >= 0.3 is 19.7 Å². The molecule has 2 aromatic rings. The highest BCUT2D eigenvalue weighted by atomic mass is 31.2. The molecule has 3 heterocycles. The molecule has 1 fully saturated rings. The molecule has 1 saturated heterocycles. The maximum absolute atomic E-state index is 15.2. The number of nitrogens with zero attached hydrogens (tertiary/aromatic N) is 4. The molecule has 3 rings (SSSR count). The second kappa shape index (κ2) is 12.4. The van der Waals surface area contributed by atoms with Gasteiger partial charge in [-0.15, -0.1) is 0 Å². The highest BCUT2D eigenvalue weighted by molar-refractivity contribution is 7.51. The molecule has 17 heteroatoms. The molecule has 1 aliphatic heterocycles. The molecule has 212 valence electrons. The smallest absolute Gasteiger partial charge is 0.406 e. The number of imidazole rings is 1. The summed E-state index contributed by atoms with van der Waals surface area (Å²) in [6, 6.07) is -1.12. The number of methoxy groups -OCH3 is 2. The number of aromatic nitrogens is 4. The molecule has 6 atom stereocenters. The molecule has 0 aromatic carbocycles. The number of halogens is 1. The number of aliphatic hydroxyl groups is 1. The van der Waals surface area contributed by atoms with E-state index in [0.717, 1.165) is 14.2 Å². The first-order chi connectivity index (χ1) is 17.9. The van der Waals surface area contributed by atoms with Crippen LogP contribution in [-0.2, 0) is 37.4 Å². The van der Waals surface area contributed by atoms with E-state index in [1.807, 2.05) is 13.8 Å². The number of nitrogens with two attached hydrogens (primary N) is 1. The third kappa shape index (κ3) is 6.81. The van der Waals surface area contributed by atoms with Crippen LogP contribution in [0.4, 0.5) is 10.2 Å². The monoisotopic (exact) mass is 562 g/mol. The number of nitrogens with one attached hydrogen (secondary N) is 1. The van der Waals surface area contributed by atoms with Gasteiger partial charge in [0.2, 0.25) is 0 Å². The van der Waals surface area contributed by atoms with Crippen molar-refractivity contribution < 1.29 is 46.9 Å². The molecule has 2 unspecified atom stereocenters. The van der Waals surface area contributed by atoms with Crippen molar-refractivity contribution in [1.29, 1.82) is 0 Å². The minimum atomic E-state index is -4.42. The van der Waals surface area contributed by atoms with Gasteiger partial charge < -0.3 is 25.1 Å². The number of aryl methyl sites for hydroxylation is 1. The molecule has 1 aliphatic rings. The molecular weight excluding hydrogens is 530 g/mol. The Hall–Kier alpha value is -2.75. The summed E-state index contributed by atoms with van der Waals surface area (Å²) < 4.78 is 55.4. The van der Waals surface area contributed by atoms with Crippen molar-refractivity contribution in [2.45, 2.75) is 57.8 Å². The Morgan fingerprint density at radius 2 is 2.00 bits per heavy atom. The Balaban J connectivity index is 1.79. The van der Waals surface area contributed by atoms with Crippen molar-refractivity contribution in [2.75, 3.05) is 33.2 Å². The average Bonchev–Trinajstić information content (AvgIpc) is 3.41. The first-order valence-corrected chi connectivity index (χ1v) is 13.2. The van der Waals surface area contributed by atoms with E-state index < -0.39 is 63.5 Å². The molecule has 0 aliphatic carbocycles. The zero-order chi connectivity index (χ0) is 28.2. The number of aliphatic hydroxyl groups excluding tert-OH is 1. The number of carbonyl (C=O) groups excluding carboxylic acids is 2. The van der Waals surface area contributed by atoms with Gasteiger partial charge in [0.25, 0.3) is 0 Å². The topological polar surface area (TPSA) is 199 Å². The molecule has 0 spiro atoms. The lowest BCUT2D eigenvalue weighted by atomic mass is 10.1. The highest BCUT2D eigenvalue weighted by Crippen LogP contribution is 2.46. The summed E-state index contributed by atoms with van der Waals surface area (Å²) >= 11 is 0. The lowest BCUT2D eigenvalue weighted by Gasteiger charge is -2.26. The zero-order valence-corrected chi connectivity index (χ0v) is 22.5. The van der Waals surface area contributed by atoms with Gasteiger partial charge in [-0.05, 0) is 19.3 Å². The van der Waals surface area contributed by atoms with Gasteiger partial charge in [0.05, 0.1) is 27.2 Å². The van der Waals surface area contributed by atoms with Crippen LogP contribution in [0.2, 0.25) is 0 Å². The third-order valence-corrected chi connectivity index (χ3v) is 7.21. The van der Waals surface area contributed by atoms with Crippen molar-refractivity contribution in [2.24, 2.45) is 5.92 Å². The summed E-state index contributed by atoms with van der Waals surface area (Å²) in [7, 11) is -2.16. The molecule has 2 aromatic heterocycles. The summed E-state index contributed by atoms with van der Waals surface area (Å²) in [5.74, 6) is -1.22. The minimum absolute atomic E-state index is 0.0276. The summed E-state index contributed by atoms with van der Waals surface area (Å²) in [5, 5.41) is 13.0. The van der Waals surface area contributed by atoms with Crippen molar-refractivity contribution >= 4 is 36.7 Å². The second-order valence-electron chi connectivity index (χ2n) is 8.96. The molecule has 0 amide bonds. The SMILES string of the molecule is COC(=O)COP(=O)(N[C@@H](CC(C)C)C(=O)OC)OC[C@H]1O[C@@H](n2cnc3c(N)nc(C)nc32)C(F)[C@H]1O. The predicted octanol–water partition coefficient (Wildman–Crippen LogP) is 0.805. The van der Waals surface area contributed by atoms with Crippen LogP contribution in [0.5, 0.6) is 0 Å². The van der Waals surface area contributed by atoms with Gasteiger partial charge in [0, 0.05) is 0 Å². The molecule has 38 heavy (non-hydrogen) atoms. The van der Waals surface area contributed by atoms with Gasteiger partial charge in [0.15, 0.2) is 30.5 Å². The van der Waals surface area contributed by atoms with E-state index in [9.17, 15) is 19.3 Å². The summed E-state index contributed by atoms with van der Waals surface area (Å²) in [6.07, 6.45) is -4.92. The van der Waals surface area contributed by atoms with Gasteiger partial charge in [0.1, 0.15) is 29.6 Å². The van der Waals surface area contributed by atoms with Crippen LogP contribution in [0.3, 0.4) is 0 Å². The first kappa shape index (κ1) is 29.8. The maximum Gasteiger partial charge on any atom is 0.406 e. The lowest BCUT2D eigenvalue weighted by molar-refractivity contribution is -0.143. The van der Waals surface area contributed by atoms with Crippen molar-refractivity contribution in [3.05, 3.63) is 12.2 Å². The van der Waals surface area contributed by atoms with Gasteiger partial charge in [-0.2, -0.15) is 0 Å². The van der Waals surface area contributed by atoms with Gasteiger partial charge in [-0.1, -0.05) is 13.8 Å². The minimum Gasteiger partial charge on any atom is -0.468 e. The van der Waals surface area contributed by atoms with Crippen molar-refractivity contribution in [1.82, 2.24) is 24.6 Å². The fourth-order valence-electron chi connectivity index (χ4n) is 3.79. The number of hydrogen-bond acceptors (Lipinski definition) is 13. The number of hydrogen-bond donors (Lipinski definition) is 3. The highest BCUT2D eigenvalue weighted by Gasteiger charge is 2.47. The Morgan fingerprint density at radius 3 is 2.63 bits per heavy atom. The number of alkyl halides is 1. The number of rotatable bonds is 12. The lowest BCUT2D eigenvalue weighted by Crippen LogP contribution is -2.39. The fraction of sp³-hybridized carbons (Fsp3) is 0.667. The number of esters is 2. The summed E-state index contributed by atoms with van der Waals surface area (Å²) in [5.41, 5.74) is 6.29. The summed E-state index contributed by atoms with van der Waals surface area (Å²) in [6.45, 7) is 3.83. The Kier molecular flexibility index (Phi) is 9.73. The normalized spacial score (nSPS) is 23.9. The first-order valence-electron chi connectivity index (χ1n) is 11.6. The van der Waals surface area contributed by atoms with Crippen molar-refractivity contribution in [3.63, 3.8) is 0 Å². The fourth-order valence-corrected chi connectivity index (χ4v) is 5.22. The molecule has 15 nitrogen and oxygen atoms in total. The molecule has 4 N–H and O–H groups in total. The van der Waals surface area contributed by atoms with Gasteiger partial charge in [-0.3, -0.25) is 18.4 Å². The average molecular weight is 562 g/mol. The molecule has 0 bridgehead atoms. The van der Waals surface area contributed by atoms with Crippen LogP contribution in [0.25, 0.3) is 11.2 Å². The Labute approximate surface area is 217 Å². The number of nitrogen functional groups attached to an aromatic ring is 1. The predicted molar refractivity (Wildman–Crippen MR) is 129 cm³/mol. The second-order valence-corrected chi connectivity index (χ2v) is 10.7. The van der Waals surface area contributed by atoms with Crippen LogP contribution in [0.1, 0.15) is 32.3 Å². The van der Waals surface area contributed by atoms with E-state index in [1.54, 1.807) is 6.92 Å². The van der Waals surface area contributed by atoms with Crippen LogP contribution in [0, 0.1) is 12.8 Å². The number of anilines is 1. The molecular formula is C21H32FN6O9P. The number of carbonyl (C=O) groups is 2. The van der Waals surface area contributed by atoms with E-state index in [2.05, 4.69) is 24.8 Å². The van der Waals surface area contributed by atoms with Crippen LogP contribution in [0.15, 0.2) is 6.33 Å². The third-order valence-electron chi connectivity index (χ3n) is 5.62. The Bertz CT molecular complexity index is 1200. The zero-order valence-electron chi connectivity index (χ0n) is 21.6. The van der Waals surface area contributed by atoms with E-state index in [1.165, 1.54) is 10.9 Å². The van der Waals surface area contributed by atoms with Crippen LogP contribution >= 0.6 is 7.75 Å². The van der Waals surface area contributed by atoms with E-state index in [4.69, 9.17) is 24.3 Å². The van der Waals surface area contributed by atoms with Crippen molar-refractivity contribution in [3.8, 4) is 0 Å². The standard InChI is InChI=1S/C21H32FN6O9P/c1-10(2)6-12(21(31)34-5)27-38(32,36-8-14(29)33-4)35-7-13-17(30)15(22)20(37-13)28-9-24-16-18(23)25-11(3)26-19(16)28/h9-10,12-13,15,17,20,30H,6-8H2,1-5H3,(H,27,32)(H2,23,25,26)/t12-,13+,15?,17-,20+,38?/m0/s1. The van der Waals surface area contributed by atoms with Gasteiger partial charge in [-0.25, -0.2) is 33.8 Å². The largest absolute Gasteiger partial charge is 0.468 e. The van der Waals surface area contributed by atoms with E-state index in [-0.39, 0.29) is 29.3 Å². The number of ether oxygens (including phenoxy) is 3. The maximum atomic E-state index is 15.2. The van der Waals surface area contributed by atoms with Crippen LogP contribution in [-0.4, -0.2) is 88.4 Å². The van der Waals surface area contributed by atoms with E-state index >= 15 is 4.39 Å². The van der Waals surface area contributed by atoms with E-state index in [0.29, 0.717) is 5.82 Å². The van der Waals surface area contributed by atoms with Crippen LogP contribution < -0.4 is 10.8 Å². The molecule has 0 saturated carbocycles.